The van der Waals surface area contributed by atoms with Gasteiger partial charge in [-0.25, -0.2) is 9.78 Å². The zero-order valence-corrected chi connectivity index (χ0v) is 15.3. The second-order valence-electron chi connectivity index (χ2n) is 6.61. The van der Waals surface area contributed by atoms with Crippen LogP contribution >= 0.6 is 0 Å². The monoisotopic (exact) mass is 362 g/mol. The van der Waals surface area contributed by atoms with Gasteiger partial charge in [0.05, 0.1) is 0 Å². The quantitative estimate of drug-likeness (QED) is 0.795. The fourth-order valence-electron chi connectivity index (χ4n) is 3.22. The third-order valence-corrected chi connectivity index (χ3v) is 4.83. The summed E-state index contributed by atoms with van der Waals surface area (Å²) in [5, 5.41) is 17.3. The second-order valence-corrected chi connectivity index (χ2v) is 6.61. The standard InChI is InChI=1S/C17H26N6O3/c1-3-14-20-13(21-26-14)4-7-19-17(25)23-9-5-12(6-10-23)15(24)16-18-8-11-22(16)2/h8,11-12,15,24H,3-7,9-10H2,1-2H3,(H,19,25)/t15-/m0/s1. The molecule has 1 aliphatic heterocycles. The third kappa shape index (κ3) is 4.21. The molecule has 2 aromatic heterocycles. The number of likely N-dealkylation sites (tertiary alicyclic amines) is 1. The van der Waals surface area contributed by atoms with Gasteiger partial charge in [0.2, 0.25) is 5.89 Å². The minimum Gasteiger partial charge on any atom is -0.385 e. The molecule has 9 heteroatoms. The van der Waals surface area contributed by atoms with Gasteiger partial charge in [-0.3, -0.25) is 0 Å². The summed E-state index contributed by atoms with van der Waals surface area (Å²) in [5.41, 5.74) is 0. The van der Waals surface area contributed by atoms with Gasteiger partial charge in [-0.15, -0.1) is 0 Å². The summed E-state index contributed by atoms with van der Waals surface area (Å²) in [6, 6.07) is -0.0888. The van der Waals surface area contributed by atoms with Crippen LogP contribution in [-0.4, -0.2) is 55.4 Å². The first kappa shape index (κ1) is 18.4. The summed E-state index contributed by atoms with van der Waals surface area (Å²) in [4.78, 5) is 22.5. The summed E-state index contributed by atoms with van der Waals surface area (Å²) in [6.07, 6.45) is 5.69. The summed E-state index contributed by atoms with van der Waals surface area (Å²) in [6.45, 7) is 3.67. The molecule has 0 aromatic carbocycles. The topological polar surface area (TPSA) is 109 Å². The highest BCUT2D eigenvalue weighted by Gasteiger charge is 2.30. The van der Waals surface area contributed by atoms with Gasteiger partial charge < -0.3 is 24.4 Å². The molecular formula is C17H26N6O3. The van der Waals surface area contributed by atoms with Crippen molar-refractivity contribution < 1.29 is 14.4 Å². The largest absolute Gasteiger partial charge is 0.385 e. The lowest BCUT2D eigenvalue weighted by Crippen LogP contribution is -2.45. The number of aryl methyl sites for hydroxylation is 2. The maximum absolute atomic E-state index is 12.3. The van der Waals surface area contributed by atoms with Crippen molar-refractivity contribution in [1.29, 1.82) is 0 Å². The molecule has 2 amide bonds. The minimum absolute atomic E-state index is 0.0888. The first-order valence-electron chi connectivity index (χ1n) is 9.08. The Morgan fingerprint density at radius 3 is 2.85 bits per heavy atom. The number of aromatic nitrogens is 4. The number of carbonyl (C=O) groups excluding carboxylic acids is 1. The maximum atomic E-state index is 12.3. The van der Waals surface area contributed by atoms with Crippen LogP contribution in [0.15, 0.2) is 16.9 Å². The SMILES string of the molecule is CCc1nc(CCNC(=O)N2CCC([C@H](O)c3nccn3C)CC2)no1. The third-order valence-electron chi connectivity index (χ3n) is 4.83. The summed E-state index contributed by atoms with van der Waals surface area (Å²) in [5.74, 6) is 2.02. The Morgan fingerprint density at radius 2 is 2.23 bits per heavy atom. The van der Waals surface area contributed by atoms with Gasteiger partial charge in [0.15, 0.2) is 5.82 Å². The number of aliphatic hydroxyl groups excluding tert-OH is 1. The summed E-state index contributed by atoms with van der Waals surface area (Å²) >= 11 is 0. The van der Waals surface area contributed by atoms with Crippen molar-refractivity contribution in [3.8, 4) is 0 Å². The number of urea groups is 1. The van der Waals surface area contributed by atoms with Gasteiger partial charge in [0.25, 0.3) is 0 Å². The molecule has 2 N–H and O–H groups in total. The predicted octanol–water partition coefficient (Wildman–Crippen LogP) is 1.06. The average molecular weight is 362 g/mol. The number of nitrogens with one attached hydrogen (secondary N) is 1. The van der Waals surface area contributed by atoms with Gasteiger partial charge in [-0.1, -0.05) is 12.1 Å². The summed E-state index contributed by atoms with van der Waals surface area (Å²) in [7, 11) is 1.88. The van der Waals surface area contributed by atoms with Crippen molar-refractivity contribution in [1.82, 2.24) is 29.9 Å². The fourth-order valence-corrected chi connectivity index (χ4v) is 3.22. The number of imidazole rings is 1. The molecule has 3 rings (SSSR count). The molecule has 26 heavy (non-hydrogen) atoms. The molecule has 9 nitrogen and oxygen atoms in total. The van der Waals surface area contributed by atoms with E-state index in [9.17, 15) is 9.90 Å². The number of hydrogen-bond acceptors (Lipinski definition) is 6. The van der Waals surface area contributed by atoms with Gasteiger partial charge >= 0.3 is 6.03 Å². The highest BCUT2D eigenvalue weighted by atomic mass is 16.5. The van der Waals surface area contributed by atoms with E-state index in [0.29, 0.717) is 50.0 Å². The van der Waals surface area contributed by atoms with Gasteiger partial charge in [0.1, 0.15) is 11.9 Å². The molecule has 142 valence electrons. The number of rotatable bonds is 6. The number of piperidine rings is 1. The van der Waals surface area contributed by atoms with E-state index in [1.54, 1.807) is 11.1 Å². The highest BCUT2D eigenvalue weighted by Crippen LogP contribution is 2.29. The lowest BCUT2D eigenvalue weighted by Gasteiger charge is -2.34. The zero-order chi connectivity index (χ0) is 18.5. The number of nitrogens with zero attached hydrogens (tertiary/aromatic N) is 5. The van der Waals surface area contributed by atoms with Gasteiger partial charge in [-0.05, 0) is 18.8 Å². The van der Waals surface area contributed by atoms with E-state index >= 15 is 0 Å². The number of carbonyl (C=O) groups is 1. The van der Waals surface area contributed by atoms with Crippen LogP contribution in [0.5, 0.6) is 0 Å². The predicted molar refractivity (Wildman–Crippen MR) is 93.2 cm³/mol. The lowest BCUT2D eigenvalue weighted by atomic mass is 9.91. The molecule has 0 unspecified atom stereocenters. The maximum Gasteiger partial charge on any atom is 0.317 e. The van der Waals surface area contributed by atoms with Crippen molar-refractivity contribution in [3.63, 3.8) is 0 Å². The molecule has 0 aliphatic carbocycles. The molecule has 0 spiro atoms. The van der Waals surface area contributed by atoms with Crippen LogP contribution in [0.1, 0.15) is 43.4 Å². The molecular weight excluding hydrogens is 336 g/mol. The molecule has 1 saturated heterocycles. The minimum atomic E-state index is -0.591. The van der Waals surface area contributed by atoms with E-state index in [2.05, 4.69) is 20.4 Å². The van der Waals surface area contributed by atoms with E-state index in [-0.39, 0.29) is 11.9 Å². The molecule has 0 bridgehead atoms. The first-order valence-corrected chi connectivity index (χ1v) is 9.08. The number of aliphatic hydroxyl groups is 1. The van der Waals surface area contributed by atoms with Crippen molar-refractivity contribution >= 4 is 6.03 Å². The Balaban J connectivity index is 1.41. The van der Waals surface area contributed by atoms with Crippen molar-refractivity contribution in [3.05, 3.63) is 29.9 Å². The Morgan fingerprint density at radius 1 is 1.46 bits per heavy atom. The van der Waals surface area contributed by atoms with Gasteiger partial charge in [0, 0.05) is 51.9 Å². The van der Waals surface area contributed by atoms with E-state index in [4.69, 9.17) is 4.52 Å². The average Bonchev–Trinajstić information content (AvgIpc) is 3.30. The van der Waals surface area contributed by atoms with Crippen LogP contribution < -0.4 is 5.32 Å². The Kier molecular flexibility index (Phi) is 5.87. The Hall–Kier alpha value is -2.42. The van der Waals surface area contributed by atoms with Crippen molar-refractivity contribution in [2.45, 2.75) is 38.7 Å². The van der Waals surface area contributed by atoms with Crippen LogP contribution in [0.25, 0.3) is 0 Å². The van der Waals surface area contributed by atoms with Crippen LogP contribution in [0.2, 0.25) is 0 Å². The van der Waals surface area contributed by atoms with Crippen molar-refractivity contribution in [2.24, 2.45) is 13.0 Å². The molecule has 2 aromatic rings. The first-order chi connectivity index (χ1) is 12.6. The van der Waals surface area contributed by atoms with Crippen LogP contribution in [0.4, 0.5) is 4.79 Å². The molecule has 0 saturated carbocycles. The molecule has 1 aliphatic rings. The fraction of sp³-hybridized carbons (Fsp3) is 0.647. The van der Waals surface area contributed by atoms with Crippen molar-refractivity contribution in [2.75, 3.05) is 19.6 Å². The lowest BCUT2D eigenvalue weighted by molar-refractivity contribution is 0.0584. The van der Waals surface area contributed by atoms with Crippen LogP contribution in [0, 0.1) is 5.92 Å². The zero-order valence-electron chi connectivity index (χ0n) is 15.3. The molecule has 3 heterocycles. The van der Waals surface area contributed by atoms with E-state index < -0.39 is 6.10 Å². The highest BCUT2D eigenvalue weighted by molar-refractivity contribution is 5.74. The Labute approximate surface area is 152 Å². The number of amides is 2. The normalized spacial score (nSPS) is 16.7. The number of hydrogen-bond donors (Lipinski definition) is 2. The van der Waals surface area contributed by atoms with E-state index in [1.165, 1.54) is 0 Å². The van der Waals surface area contributed by atoms with Crippen LogP contribution in [0.3, 0.4) is 0 Å². The Bertz CT molecular complexity index is 720. The van der Waals surface area contributed by atoms with Crippen LogP contribution in [-0.2, 0) is 19.9 Å². The second kappa shape index (κ2) is 8.31. The smallest absolute Gasteiger partial charge is 0.317 e. The van der Waals surface area contributed by atoms with E-state index in [0.717, 1.165) is 12.8 Å². The van der Waals surface area contributed by atoms with Gasteiger partial charge in [-0.2, -0.15) is 4.98 Å². The molecule has 1 atom stereocenters. The molecule has 1 fully saturated rings. The summed E-state index contributed by atoms with van der Waals surface area (Å²) < 4.78 is 6.89. The van der Waals surface area contributed by atoms with E-state index in [1.807, 2.05) is 24.7 Å². The molecule has 0 radical (unpaired) electrons.